The van der Waals surface area contributed by atoms with Crippen LogP contribution in [0.1, 0.15) is 98.3 Å². The molecule has 0 bridgehead atoms. The zero-order valence-corrected chi connectivity index (χ0v) is 17.1. The predicted octanol–water partition coefficient (Wildman–Crippen LogP) is 6.85. The van der Waals surface area contributed by atoms with Crippen LogP contribution < -0.4 is 0 Å². The van der Waals surface area contributed by atoms with Crippen LogP contribution in [0.2, 0.25) is 18.1 Å². The van der Waals surface area contributed by atoms with Crippen molar-refractivity contribution >= 4 is 14.3 Å². The second-order valence-corrected chi connectivity index (χ2v) is 12.9. The lowest BCUT2D eigenvalue weighted by atomic mass is 10.1. The molecule has 0 fully saturated rings. The summed E-state index contributed by atoms with van der Waals surface area (Å²) in [6, 6.07) is 0. The van der Waals surface area contributed by atoms with E-state index >= 15 is 0 Å². The lowest BCUT2D eigenvalue weighted by molar-refractivity contribution is -0.135. The number of carbonyl (C=O) groups excluding carboxylic acids is 1. The molecule has 0 saturated heterocycles. The Morgan fingerprint density at radius 1 is 0.818 bits per heavy atom. The Bertz CT molecular complexity index is 292. The molecule has 0 amide bonds. The average molecular weight is 329 g/mol. The molecule has 0 aromatic rings. The number of carbonyl (C=O) groups is 1. The maximum atomic E-state index is 12.0. The molecule has 0 aliphatic rings. The van der Waals surface area contributed by atoms with Gasteiger partial charge >= 0.3 is 0 Å². The number of unbranched alkanes of at least 4 members (excludes halogenated alkanes) is 9. The van der Waals surface area contributed by atoms with Gasteiger partial charge in [0.1, 0.15) is 0 Å². The highest BCUT2D eigenvalue weighted by Gasteiger charge is 2.40. The van der Waals surface area contributed by atoms with Crippen LogP contribution in [-0.2, 0) is 9.22 Å². The van der Waals surface area contributed by atoms with Gasteiger partial charge in [-0.3, -0.25) is 4.79 Å². The van der Waals surface area contributed by atoms with Gasteiger partial charge < -0.3 is 4.43 Å². The van der Waals surface area contributed by atoms with E-state index in [1.807, 2.05) is 0 Å². The molecule has 0 aliphatic carbocycles. The predicted molar refractivity (Wildman–Crippen MR) is 99.8 cm³/mol. The highest BCUT2D eigenvalue weighted by atomic mass is 28.4. The van der Waals surface area contributed by atoms with Crippen LogP contribution in [0.3, 0.4) is 0 Å². The number of hydrogen-bond acceptors (Lipinski definition) is 2. The van der Waals surface area contributed by atoms with E-state index in [0.717, 1.165) is 6.42 Å². The van der Waals surface area contributed by atoms with Gasteiger partial charge in [-0.1, -0.05) is 85.5 Å². The molecule has 22 heavy (non-hydrogen) atoms. The molecule has 0 heterocycles. The van der Waals surface area contributed by atoms with Gasteiger partial charge in [0.25, 0.3) is 14.3 Å². The summed E-state index contributed by atoms with van der Waals surface area (Å²) in [5.74, 6) is 0.0196. The SMILES string of the molecule is CCCCCCCCCCCCC(=O)O[Si](C)(C)C(C)(C)C. The second-order valence-electron chi connectivity index (χ2n) is 8.17. The first-order chi connectivity index (χ1) is 10.2. The molecule has 0 aromatic heterocycles. The van der Waals surface area contributed by atoms with Gasteiger partial charge in [0.2, 0.25) is 0 Å². The van der Waals surface area contributed by atoms with Crippen LogP contribution in [0.25, 0.3) is 0 Å². The zero-order chi connectivity index (χ0) is 17.1. The first kappa shape index (κ1) is 21.7. The summed E-state index contributed by atoms with van der Waals surface area (Å²) in [4.78, 5) is 12.0. The summed E-state index contributed by atoms with van der Waals surface area (Å²) in [6.45, 7) is 13.1. The van der Waals surface area contributed by atoms with Crippen LogP contribution in [0.15, 0.2) is 0 Å². The summed E-state index contributed by atoms with van der Waals surface area (Å²) in [6.07, 6.45) is 13.6. The topological polar surface area (TPSA) is 26.3 Å². The van der Waals surface area contributed by atoms with E-state index in [1.165, 1.54) is 57.8 Å². The van der Waals surface area contributed by atoms with Crippen molar-refractivity contribution in [2.45, 2.75) is 116 Å². The number of hydrogen-bond donors (Lipinski definition) is 0. The molecular weight excluding hydrogens is 288 g/mol. The fourth-order valence-electron chi connectivity index (χ4n) is 2.25. The Kier molecular flexibility index (Phi) is 11.1. The minimum absolute atomic E-state index is 0.0196. The van der Waals surface area contributed by atoms with Crippen molar-refractivity contribution in [1.29, 1.82) is 0 Å². The Balaban J connectivity index is 3.54. The van der Waals surface area contributed by atoms with Crippen molar-refractivity contribution in [3.05, 3.63) is 0 Å². The van der Waals surface area contributed by atoms with Crippen molar-refractivity contribution in [3.8, 4) is 0 Å². The van der Waals surface area contributed by atoms with Crippen LogP contribution in [0.4, 0.5) is 0 Å². The Labute approximate surface area is 140 Å². The Morgan fingerprint density at radius 3 is 1.64 bits per heavy atom. The van der Waals surface area contributed by atoms with Crippen LogP contribution in [0.5, 0.6) is 0 Å². The molecule has 132 valence electrons. The lowest BCUT2D eigenvalue weighted by Gasteiger charge is -2.35. The van der Waals surface area contributed by atoms with Gasteiger partial charge in [-0.15, -0.1) is 0 Å². The third kappa shape index (κ3) is 10.4. The van der Waals surface area contributed by atoms with E-state index in [2.05, 4.69) is 40.8 Å². The minimum Gasteiger partial charge on any atom is -0.519 e. The molecule has 0 atom stereocenters. The summed E-state index contributed by atoms with van der Waals surface area (Å²) in [7, 11) is -1.91. The van der Waals surface area contributed by atoms with Crippen LogP contribution >= 0.6 is 0 Å². The summed E-state index contributed by atoms with van der Waals surface area (Å²) in [5.41, 5.74) is 0. The first-order valence-corrected chi connectivity index (χ1v) is 12.3. The van der Waals surface area contributed by atoms with Gasteiger partial charge in [0.15, 0.2) is 0 Å². The van der Waals surface area contributed by atoms with Crippen molar-refractivity contribution in [3.63, 3.8) is 0 Å². The zero-order valence-electron chi connectivity index (χ0n) is 16.1. The van der Waals surface area contributed by atoms with Gasteiger partial charge in [-0.05, 0) is 24.6 Å². The molecule has 2 nitrogen and oxygen atoms in total. The minimum atomic E-state index is -1.91. The van der Waals surface area contributed by atoms with E-state index in [4.69, 9.17) is 4.43 Å². The third-order valence-electron chi connectivity index (χ3n) is 4.91. The standard InChI is InChI=1S/C19H40O2Si/c1-7-8-9-10-11-12-13-14-15-16-17-18(20)21-22(5,6)19(2,3)4/h7-17H2,1-6H3. The molecule has 0 aromatic carbocycles. The van der Waals surface area contributed by atoms with E-state index in [0.29, 0.717) is 6.42 Å². The molecule has 0 saturated carbocycles. The van der Waals surface area contributed by atoms with Crippen molar-refractivity contribution in [2.75, 3.05) is 0 Å². The maximum Gasteiger partial charge on any atom is 0.292 e. The highest BCUT2D eigenvalue weighted by molar-refractivity contribution is 6.75. The van der Waals surface area contributed by atoms with Crippen LogP contribution in [0, 0.1) is 0 Å². The lowest BCUT2D eigenvalue weighted by Crippen LogP contribution is -2.42. The average Bonchev–Trinajstić information content (AvgIpc) is 2.39. The quantitative estimate of drug-likeness (QED) is 0.289. The molecular formula is C19H40O2Si. The third-order valence-corrected chi connectivity index (χ3v) is 9.26. The first-order valence-electron chi connectivity index (χ1n) is 9.42. The molecule has 0 rings (SSSR count). The van der Waals surface area contributed by atoms with E-state index in [9.17, 15) is 4.79 Å². The molecule has 0 aliphatic heterocycles. The molecule has 3 heteroatoms. The molecule has 0 unspecified atom stereocenters. The maximum absolute atomic E-state index is 12.0. The van der Waals surface area contributed by atoms with Crippen molar-refractivity contribution in [2.24, 2.45) is 0 Å². The molecule has 0 N–H and O–H groups in total. The second kappa shape index (κ2) is 11.3. The van der Waals surface area contributed by atoms with Crippen molar-refractivity contribution in [1.82, 2.24) is 0 Å². The number of rotatable bonds is 12. The Hall–Kier alpha value is -0.313. The summed E-state index contributed by atoms with van der Waals surface area (Å²) in [5, 5.41) is 0.112. The molecule has 0 radical (unpaired) electrons. The smallest absolute Gasteiger partial charge is 0.292 e. The van der Waals surface area contributed by atoms with Gasteiger partial charge in [0, 0.05) is 6.42 Å². The summed E-state index contributed by atoms with van der Waals surface area (Å²) < 4.78 is 5.78. The fourth-order valence-corrected chi connectivity index (χ4v) is 3.22. The van der Waals surface area contributed by atoms with E-state index in [-0.39, 0.29) is 11.0 Å². The van der Waals surface area contributed by atoms with Crippen LogP contribution in [-0.4, -0.2) is 14.3 Å². The van der Waals surface area contributed by atoms with E-state index < -0.39 is 8.32 Å². The largest absolute Gasteiger partial charge is 0.519 e. The molecule has 0 spiro atoms. The normalized spacial score (nSPS) is 12.5. The van der Waals surface area contributed by atoms with E-state index in [1.54, 1.807) is 0 Å². The highest BCUT2D eigenvalue weighted by Crippen LogP contribution is 2.36. The Morgan fingerprint density at radius 2 is 1.23 bits per heavy atom. The van der Waals surface area contributed by atoms with Gasteiger partial charge in [-0.2, -0.15) is 0 Å². The fraction of sp³-hybridized carbons (Fsp3) is 0.947. The van der Waals surface area contributed by atoms with Gasteiger partial charge in [0.05, 0.1) is 0 Å². The van der Waals surface area contributed by atoms with Gasteiger partial charge in [-0.25, -0.2) is 0 Å². The summed E-state index contributed by atoms with van der Waals surface area (Å²) >= 11 is 0. The van der Waals surface area contributed by atoms with Crippen molar-refractivity contribution < 1.29 is 9.22 Å². The monoisotopic (exact) mass is 328 g/mol.